The second-order valence-corrected chi connectivity index (χ2v) is 5.82. The third-order valence-corrected chi connectivity index (χ3v) is 3.85. The molecule has 1 heterocycles. The quantitative estimate of drug-likeness (QED) is 0.874. The summed E-state index contributed by atoms with van der Waals surface area (Å²) in [5, 5.41) is 2.90. The highest BCUT2D eigenvalue weighted by Crippen LogP contribution is 2.15. The van der Waals surface area contributed by atoms with Gasteiger partial charge in [0.2, 0.25) is 0 Å². The van der Waals surface area contributed by atoms with Crippen LogP contribution in [0.15, 0.2) is 34.9 Å². The first kappa shape index (κ1) is 15.8. The molecule has 0 fully saturated rings. The van der Waals surface area contributed by atoms with Crippen LogP contribution in [0.4, 0.5) is 4.39 Å². The zero-order valence-corrected chi connectivity index (χ0v) is 13.7. The highest BCUT2D eigenvalue weighted by molar-refractivity contribution is 9.10. The number of benzene rings is 1. The lowest BCUT2D eigenvalue weighted by atomic mass is 10.1. The van der Waals surface area contributed by atoms with Gasteiger partial charge in [-0.2, -0.15) is 0 Å². The SMILES string of the molecule is CCn1cc(Br)cc1C(=O)NCCc1ccc(F)cc1C. The molecule has 0 spiro atoms. The molecule has 1 amide bonds. The van der Waals surface area contributed by atoms with E-state index in [1.165, 1.54) is 12.1 Å². The predicted octanol–water partition coefficient (Wildman–Crippen LogP) is 3.69. The van der Waals surface area contributed by atoms with Crippen LogP contribution >= 0.6 is 15.9 Å². The molecule has 5 heteroatoms. The number of hydrogen-bond acceptors (Lipinski definition) is 1. The normalized spacial score (nSPS) is 10.7. The van der Waals surface area contributed by atoms with Crippen molar-refractivity contribution < 1.29 is 9.18 Å². The smallest absolute Gasteiger partial charge is 0.267 e. The summed E-state index contributed by atoms with van der Waals surface area (Å²) in [6.45, 7) is 5.13. The molecular formula is C16H18BrFN2O. The van der Waals surface area contributed by atoms with Crippen molar-refractivity contribution in [2.75, 3.05) is 6.54 Å². The molecule has 21 heavy (non-hydrogen) atoms. The van der Waals surface area contributed by atoms with Crippen LogP contribution in [0.1, 0.15) is 28.5 Å². The zero-order chi connectivity index (χ0) is 15.4. The Morgan fingerprint density at radius 1 is 1.38 bits per heavy atom. The van der Waals surface area contributed by atoms with Gasteiger partial charge < -0.3 is 9.88 Å². The van der Waals surface area contributed by atoms with Crippen LogP contribution in [-0.4, -0.2) is 17.0 Å². The van der Waals surface area contributed by atoms with E-state index in [2.05, 4.69) is 21.2 Å². The molecule has 0 saturated carbocycles. The van der Waals surface area contributed by atoms with E-state index in [9.17, 15) is 9.18 Å². The van der Waals surface area contributed by atoms with Gasteiger partial charge >= 0.3 is 0 Å². The van der Waals surface area contributed by atoms with Crippen molar-refractivity contribution >= 4 is 21.8 Å². The van der Waals surface area contributed by atoms with Crippen LogP contribution in [-0.2, 0) is 13.0 Å². The number of nitrogens with one attached hydrogen (secondary N) is 1. The van der Waals surface area contributed by atoms with Gasteiger partial charge in [-0.3, -0.25) is 4.79 Å². The van der Waals surface area contributed by atoms with Gasteiger partial charge in [-0.1, -0.05) is 6.07 Å². The molecule has 2 rings (SSSR count). The van der Waals surface area contributed by atoms with Gasteiger partial charge in [0.05, 0.1) is 0 Å². The third kappa shape index (κ3) is 3.94. The first-order valence-electron chi connectivity index (χ1n) is 6.90. The minimum absolute atomic E-state index is 0.0951. The molecule has 0 radical (unpaired) electrons. The van der Waals surface area contributed by atoms with E-state index < -0.39 is 0 Å². The van der Waals surface area contributed by atoms with E-state index in [1.54, 1.807) is 6.07 Å². The molecule has 3 nitrogen and oxygen atoms in total. The largest absolute Gasteiger partial charge is 0.350 e. The number of hydrogen-bond donors (Lipinski definition) is 1. The average molecular weight is 353 g/mol. The van der Waals surface area contributed by atoms with Crippen LogP contribution in [0.2, 0.25) is 0 Å². The predicted molar refractivity (Wildman–Crippen MR) is 85.0 cm³/mol. The van der Waals surface area contributed by atoms with E-state index in [1.807, 2.05) is 30.7 Å². The van der Waals surface area contributed by atoms with E-state index in [0.717, 1.165) is 22.1 Å². The molecule has 0 saturated heterocycles. The van der Waals surface area contributed by atoms with E-state index in [-0.39, 0.29) is 11.7 Å². The van der Waals surface area contributed by atoms with Crippen LogP contribution in [0.25, 0.3) is 0 Å². The lowest BCUT2D eigenvalue weighted by molar-refractivity contribution is 0.0945. The highest BCUT2D eigenvalue weighted by Gasteiger charge is 2.11. The number of carbonyl (C=O) groups excluding carboxylic acids is 1. The fraction of sp³-hybridized carbons (Fsp3) is 0.312. The van der Waals surface area contributed by atoms with Crippen molar-refractivity contribution in [3.63, 3.8) is 0 Å². The fourth-order valence-corrected chi connectivity index (χ4v) is 2.73. The first-order chi connectivity index (χ1) is 10.0. The highest BCUT2D eigenvalue weighted by atomic mass is 79.9. The lowest BCUT2D eigenvalue weighted by Gasteiger charge is -2.09. The fourth-order valence-electron chi connectivity index (χ4n) is 2.27. The molecule has 0 aliphatic carbocycles. The molecule has 2 aromatic rings. The van der Waals surface area contributed by atoms with Gasteiger partial charge in [0.25, 0.3) is 5.91 Å². The van der Waals surface area contributed by atoms with Crippen molar-refractivity contribution in [3.05, 3.63) is 57.6 Å². The number of aryl methyl sites for hydroxylation is 2. The Bertz CT molecular complexity index is 652. The first-order valence-corrected chi connectivity index (χ1v) is 7.69. The maximum Gasteiger partial charge on any atom is 0.267 e. The Labute approximate surface area is 132 Å². The van der Waals surface area contributed by atoms with Crippen molar-refractivity contribution in [3.8, 4) is 0 Å². The molecule has 0 aliphatic rings. The van der Waals surface area contributed by atoms with Crippen molar-refractivity contribution in [2.45, 2.75) is 26.8 Å². The summed E-state index contributed by atoms with van der Waals surface area (Å²) in [6.07, 6.45) is 2.57. The van der Waals surface area contributed by atoms with Gasteiger partial charge in [-0.05, 0) is 65.5 Å². The second-order valence-electron chi connectivity index (χ2n) is 4.91. The summed E-state index contributed by atoms with van der Waals surface area (Å²) < 4.78 is 15.8. The number of carbonyl (C=O) groups is 1. The molecule has 0 aliphatic heterocycles. The molecule has 1 aromatic carbocycles. The van der Waals surface area contributed by atoms with Crippen LogP contribution in [0.3, 0.4) is 0 Å². The summed E-state index contributed by atoms with van der Waals surface area (Å²) in [6, 6.07) is 6.53. The lowest BCUT2D eigenvalue weighted by Crippen LogP contribution is -2.27. The summed E-state index contributed by atoms with van der Waals surface area (Å²) >= 11 is 3.38. The van der Waals surface area contributed by atoms with Crippen molar-refractivity contribution in [1.29, 1.82) is 0 Å². The minimum atomic E-state index is -0.231. The molecule has 1 aromatic heterocycles. The standard InChI is InChI=1S/C16H18BrFN2O/c1-3-20-10-13(17)9-15(20)16(21)19-7-6-12-4-5-14(18)8-11(12)2/h4-5,8-10H,3,6-7H2,1-2H3,(H,19,21). The average Bonchev–Trinajstić information content (AvgIpc) is 2.82. The Morgan fingerprint density at radius 2 is 2.14 bits per heavy atom. The number of rotatable bonds is 5. The summed E-state index contributed by atoms with van der Waals surface area (Å²) in [5.74, 6) is -0.326. The maximum absolute atomic E-state index is 13.0. The Balaban J connectivity index is 1.95. The molecular weight excluding hydrogens is 335 g/mol. The number of nitrogens with zero attached hydrogens (tertiary/aromatic N) is 1. The summed E-state index contributed by atoms with van der Waals surface area (Å²) in [4.78, 5) is 12.2. The number of amides is 1. The minimum Gasteiger partial charge on any atom is -0.350 e. The van der Waals surface area contributed by atoms with Crippen LogP contribution in [0.5, 0.6) is 0 Å². The van der Waals surface area contributed by atoms with Gasteiger partial charge in [0, 0.05) is 23.8 Å². The Morgan fingerprint density at radius 3 is 2.81 bits per heavy atom. The topological polar surface area (TPSA) is 34.0 Å². The molecule has 0 atom stereocenters. The van der Waals surface area contributed by atoms with Gasteiger partial charge in [0.15, 0.2) is 0 Å². The van der Waals surface area contributed by atoms with Crippen molar-refractivity contribution in [2.24, 2.45) is 0 Å². The molecule has 0 unspecified atom stereocenters. The zero-order valence-electron chi connectivity index (χ0n) is 12.1. The van der Waals surface area contributed by atoms with Gasteiger partial charge in [-0.15, -0.1) is 0 Å². The van der Waals surface area contributed by atoms with E-state index in [0.29, 0.717) is 18.7 Å². The second kappa shape index (κ2) is 6.89. The molecule has 0 bridgehead atoms. The third-order valence-electron chi connectivity index (χ3n) is 3.42. The summed E-state index contributed by atoms with van der Waals surface area (Å²) in [7, 11) is 0. The van der Waals surface area contributed by atoms with Gasteiger partial charge in [0.1, 0.15) is 11.5 Å². The number of halogens is 2. The summed E-state index contributed by atoms with van der Waals surface area (Å²) in [5.41, 5.74) is 2.59. The van der Waals surface area contributed by atoms with Crippen molar-refractivity contribution in [1.82, 2.24) is 9.88 Å². The molecule has 1 N–H and O–H groups in total. The number of aromatic nitrogens is 1. The molecule has 112 valence electrons. The van der Waals surface area contributed by atoms with E-state index in [4.69, 9.17) is 0 Å². The van der Waals surface area contributed by atoms with Crippen LogP contribution in [0, 0.1) is 12.7 Å². The Hall–Kier alpha value is -1.62. The maximum atomic E-state index is 13.0. The van der Waals surface area contributed by atoms with E-state index >= 15 is 0 Å². The van der Waals surface area contributed by atoms with Crippen LogP contribution < -0.4 is 5.32 Å². The monoisotopic (exact) mass is 352 g/mol. The Kier molecular flexibility index (Phi) is 5.17. The van der Waals surface area contributed by atoms with Gasteiger partial charge in [-0.25, -0.2) is 4.39 Å².